The molecule has 0 aliphatic heterocycles. The Morgan fingerprint density at radius 2 is 2.00 bits per heavy atom. The third-order valence-electron chi connectivity index (χ3n) is 2.68. The molecule has 0 aliphatic carbocycles. The van der Waals surface area contributed by atoms with Crippen molar-refractivity contribution in [2.45, 2.75) is 19.9 Å². The van der Waals surface area contributed by atoms with Crippen LogP contribution in [-0.2, 0) is 0 Å². The maximum Gasteiger partial charge on any atom is 0.147 e. The molecule has 0 bridgehead atoms. The number of nitrogens with one attached hydrogen (secondary N) is 1. The molecule has 96 valence electrons. The molecule has 1 N–H and O–H groups in total. The zero-order chi connectivity index (χ0) is 13.3. The van der Waals surface area contributed by atoms with Crippen LogP contribution in [0.4, 0.5) is 14.5 Å². The van der Waals surface area contributed by atoms with Gasteiger partial charge in [0.25, 0.3) is 0 Å². The molecule has 18 heavy (non-hydrogen) atoms. The molecule has 0 aliphatic rings. The van der Waals surface area contributed by atoms with Gasteiger partial charge in [-0.25, -0.2) is 8.78 Å². The fourth-order valence-corrected chi connectivity index (χ4v) is 3.01. The van der Waals surface area contributed by atoms with Gasteiger partial charge < -0.3 is 5.32 Å². The van der Waals surface area contributed by atoms with Gasteiger partial charge in [-0.3, -0.25) is 0 Å². The third-order valence-corrected chi connectivity index (χ3v) is 4.49. The van der Waals surface area contributed by atoms with Gasteiger partial charge in [0.1, 0.15) is 11.6 Å². The number of rotatable bonds is 3. The molecule has 1 heterocycles. The van der Waals surface area contributed by atoms with Crippen LogP contribution in [0.2, 0.25) is 0 Å². The van der Waals surface area contributed by atoms with Gasteiger partial charge in [-0.05, 0) is 52.9 Å². The second kappa shape index (κ2) is 5.36. The maximum absolute atomic E-state index is 13.7. The minimum atomic E-state index is -0.478. The van der Waals surface area contributed by atoms with E-state index in [0.29, 0.717) is 0 Å². The first-order chi connectivity index (χ1) is 8.49. The van der Waals surface area contributed by atoms with Gasteiger partial charge in [0.05, 0.1) is 16.2 Å². The number of thiophene rings is 1. The van der Waals surface area contributed by atoms with E-state index in [4.69, 9.17) is 0 Å². The summed E-state index contributed by atoms with van der Waals surface area (Å²) in [4.78, 5) is 1.12. The first-order valence-electron chi connectivity index (χ1n) is 5.44. The Kier molecular flexibility index (Phi) is 4.02. The highest BCUT2D eigenvalue weighted by Crippen LogP contribution is 2.29. The third kappa shape index (κ3) is 2.72. The SMILES string of the molecule is Cc1ccsc1C(C)Nc1cc(F)c(Br)cc1F. The smallest absolute Gasteiger partial charge is 0.147 e. The Balaban J connectivity index is 2.24. The molecule has 2 aromatic rings. The molecule has 1 aromatic carbocycles. The Bertz CT molecular complexity index is 568. The van der Waals surface area contributed by atoms with E-state index >= 15 is 0 Å². The van der Waals surface area contributed by atoms with Crippen molar-refractivity contribution in [3.63, 3.8) is 0 Å². The zero-order valence-corrected chi connectivity index (χ0v) is 12.3. The van der Waals surface area contributed by atoms with Crippen molar-refractivity contribution >= 4 is 33.0 Å². The fourth-order valence-electron chi connectivity index (χ4n) is 1.76. The Morgan fingerprint density at radius 1 is 1.28 bits per heavy atom. The summed E-state index contributed by atoms with van der Waals surface area (Å²) in [6.45, 7) is 3.93. The van der Waals surface area contributed by atoms with Crippen LogP contribution in [0.3, 0.4) is 0 Å². The lowest BCUT2D eigenvalue weighted by Crippen LogP contribution is -2.08. The fraction of sp³-hybridized carbons (Fsp3) is 0.231. The highest BCUT2D eigenvalue weighted by atomic mass is 79.9. The van der Waals surface area contributed by atoms with Crippen molar-refractivity contribution in [3.8, 4) is 0 Å². The molecule has 1 aromatic heterocycles. The maximum atomic E-state index is 13.7. The van der Waals surface area contributed by atoms with Crippen LogP contribution in [-0.4, -0.2) is 0 Å². The summed E-state index contributed by atoms with van der Waals surface area (Å²) in [5, 5.41) is 4.98. The number of anilines is 1. The van der Waals surface area contributed by atoms with E-state index < -0.39 is 11.6 Å². The second-order valence-electron chi connectivity index (χ2n) is 4.08. The molecule has 5 heteroatoms. The Hall–Kier alpha value is -0.940. The highest BCUT2D eigenvalue weighted by molar-refractivity contribution is 9.10. The largest absolute Gasteiger partial charge is 0.375 e. The lowest BCUT2D eigenvalue weighted by atomic mass is 10.2. The topological polar surface area (TPSA) is 12.0 Å². The van der Waals surface area contributed by atoms with Crippen LogP contribution in [0, 0.1) is 18.6 Å². The molecule has 0 spiro atoms. The van der Waals surface area contributed by atoms with Crippen molar-refractivity contribution in [1.29, 1.82) is 0 Å². The van der Waals surface area contributed by atoms with Gasteiger partial charge in [0.2, 0.25) is 0 Å². The lowest BCUT2D eigenvalue weighted by molar-refractivity contribution is 0.595. The summed E-state index contributed by atoms with van der Waals surface area (Å²) in [5.41, 5.74) is 1.33. The Labute approximate surface area is 117 Å². The van der Waals surface area contributed by atoms with Crippen LogP contribution >= 0.6 is 27.3 Å². The number of benzene rings is 1. The minimum absolute atomic E-state index is 0.0555. The summed E-state index contributed by atoms with van der Waals surface area (Å²) in [6, 6.07) is 4.25. The van der Waals surface area contributed by atoms with Crippen LogP contribution in [0.15, 0.2) is 28.1 Å². The van der Waals surface area contributed by atoms with E-state index in [1.54, 1.807) is 11.3 Å². The average Bonchev–Trinajstić information content (AvgIpc) is 2.72. The molecular formula is C13H12BrF2NS. The molecular weight excluding hydrogens is 320 g/mol. The number of halogens is 3. The molecule has 0 amide bonds. The van der Waals surface area contributed by atoms with Gasteiger partial charge in [-0.15, -0.1) is 11.3 Å². The highest BCUT2D eigenvalue weighted by Gasteiger charge is 2.14. The van der Waals surface area contributed by atoms with E-state index in [1.807, 2.05) is 25.3 Å². The second-order valence-corrected chi connectivity index (χ2v) is 5.88. The van der Waals surface area contributed by atoms with E-state index in [-0.39, 0.29) is 16.2 Å². The van der Waals surface area contributed by atoms with Gasteiger partial charge >= 0.3 is 0 Å². The first-order valence-corrected chi connectivity index (χ1v) is 7.11. The van der Waals surface area contributed by atoms with Crippen molar-refractivity contribution in [2.24, 2.45) is 0 Å². The van der Waals surface area contributed by atoms with Crippen molar-refractivity contribution in [2.75, 3.05) is 5.32 Å². The van der Waals surface area contributed by atoms with Crippen LogP contribution in [0.25, 0.3) is 0 Å². The lowest BCUT2D eigenvalue weighted by Gasteiger charge is -2.16. The van der Waals surface area contributed by atoms with E-state index in [2.05, 4.69) is 21.2 Å². The number of hydrogen-bond donors (Lipinski definition) is 1. The molecule has 1 nitrogen and oxygen atoms in total. The molecule has 1 atom stereocenters. The van der Waals surface area contributed by atoms with Gasteiger partial charge in [-0.2, -0.15) is 0 Å². The van der Waals surface area contributed by atoms with Crippen molar-refractivity contribution in [1.82, 2.24) is 0 Å². The summed E-state index contributed by atoms with van der Waals surface area (Å²) in [6.07, 6.45) is 0. The monoisotopic (exact) mass is 331 g/mol. The van der Waals surface area contributed by atoms with Crippen LogP contribution in [0.5, 0.6) is 0 Å². The summed E-state index contributed by atoms with van der Waals surface area (Å²) in [5.74, 6) is -0.946. The number of aryl methyl sites for hydroxylation is 1. The summed E-state index contributed by atoms with van der Waals surface area (Å²) < 4.78 is 27.2. The van der Waals surface area contributed by atoms with E-state index in [9.17, 15) is 8.78 Å². The molecule has 2 rings (SSSR count). The number of hydrogen-bond acceptors (Lipinski definition) is 2. The van der Waals surface area contributed by atoms with Crippen LogP contribution in [0.1, 0.15) is 23.4 Å². The van der Waals surface area contributed by atoms with Gasteiger partial charge in [0.15, 0.2) is 0 Å². The van der Waals surface area contributed by atoms with Crippen molar-refractivity contribution in [3.05, 3.63) is 50.1 Å². The van der Waals surface area contributed by atoms with Gasteiger partial charge in [-0.1, -0.05) is 0 Å². The standard InChI is InChI=1S/C13H12BrF2NS/c1-7-3-4-18-13(7)8(2)17-12-6-10(15)9(14)5-11(12)16/h3-6,8,17H,1-2H3. The van der Waals surface area contributed by atoms with E-state index in [0.717, 1.165) is 16.5 Å². The normalized spacial score (nSPS) is 12.5. The molecule has 0 saturated heterocycles. The summed E-state index contributed by atoms with van der Waals surface area (Å²) in [7, 11) is 0. The summed E-state index contributed by atoms with van der Waals surface area (Å²) >= 11 is 4.56. The molecule has 0 fully saturated rings. The quantitative estimate of drug-likeness (QED) is 0.755. The average molecular weight is 332 g/mol. The van der Waals surface area contributed by atoms with Gasteiger partial charge in [0, 0.05) is 10.9 Å². The molecule has 1 unspecified atom stereocenters. The minimum Gasteiger partial charge on any atom is -0.375 e. The van der Waals surface area contributed by atoms with Crippen molar-refractivity contribution < 1.29 is 8.78 Å². The molecule has 0 radical (unpaired) electrons. The predicted molar refractivity (Wildman–Crippen MR) is 75.2 cm³/mol. The van der Waals surface area contributed by atoms with Crippen LogP contribution < -0.4 is 5.32 Å². The van der Waals surface area contributed by atoms with E-state index in [1.165, 1.54) is 6.07 Å². The Morgan fingerprint density at radius 3 is 2.61 bits per heavy atom. The predicted octanol–water partition coefficient (Wildman–Crippen LogP) is 5.27. The zero-order valence-electron chi connectivity index (χ0n) is 9.93. The molecule has 0 saturated carbocycles. The first kappa shape index (κ1) is 13.5.